The lowest BCUT2D eigenvalue weighted by molar-refractivity contribution is -0.119. The van der Waals surface area contributed by atoms with Gasteiger partial charge in [-0.3, -0.25) is 4.79 Å². The number of Topliss-reactive ketones (excluding diaryl/α,β-unsaturated/α-hetero) is 1. The molecule has 0 bridgehead atoms. The zero-order valence-corrected chi connectivity index (χ0v) is 41.8. The van der Waals surface area contributed by atoms with Crippen LogP contribution in [-0.4, -0.2) is 5.78 Å². The molecule has 0 amide bonds. The van der Waals surface area contributed by atoms with E-state index in [1.54, 1.807) is 0 Å². The average Bonchev–Trinajstić information content (AvgIpc) is 3.39. The van der Waals surface area contributed by atoms with Gasteiger partial charge in [-0.05, 0) is 155 Å². The zero-order valence-electron chi connectivity index (χ0n) is 40.9. The predicted octanol–water partition coefficient (Wildman–Crippen LogP) is 17.8. The number of carbonyl (C=O) groups is 1. The van der Waals surface area contributed by atoms with Crippen LogP contribution in [0.15, 0.2) is 224 Å². The highest BCUT2D eigenvalue weighted by atomic mass is 31.1. The summed E-state index contributed by atoms with van der Waals surface area (Å²) in [6, 6.07) is 84.0. The second kappa shape index (κ2) is 18.7. The summed E-state index contributed by atoms with van der Waals surface area (Å²) in [5.41, 5.74) is 15.4. The number of benzene rings is 11. The zero-order chi connectivity index (χ0) is 48.2. The van der Waals surface area contributed by atoms with Crippen molar-refractivity contribution in [3.8, 4) is 0 Å². The number of fused-ring (bicyclic) bond motifs is 4. The van der Waals surface area contributed by atoms with E-state index in [9.17, 15) is 0 Å². The first-order valence-corrected chi connectivity index (χ1v) is 26.8. The minimum absolute atomic E-state index is 0.0864. The molecule has 71 heavy (non-hydrogen) atoms. The Morgan fingerprint density at radius 1 is 0.366 bits per heavy atom. The highest BCUT2D eigenvalue weighted by molar-refractivity contribution is 7.66. The van der Waals surface area contributed by atoms with Crippen molar-refractivity contribution >= 4 is 62.1 Å². The smallest absolute Gasteiger partial charge is 0.134 e. The van der Waals surface area contributed by atoms with Crippen molar-refractivity contribution in [2.75, 3.05) is 0 Å². The Hall–Kier alpha value is -7.44. The van der Waals surface area contributed by atoms with Gasteiger partial charge in [-0.15, -0.1) is 0 Å². The molecule has 0 aliphatic carbocycles. The third-order valence-corrected chi connectivity index (χ3v) is 19.0. The van der Waals surface area contributed by atoms with E-state index in [4.69, 9.17) is 0 Å². The molecule has 1 aliphatic heterocycles. The molecule has 4 unspecified atom stereocenters. The number of ketones is 1. The van der Waals surface area contributed by atoms with E-state index in [0.29, 0.717) is 18.6 Å². The van der Waals surface area contributed by atoms with Gasteiger partial charge in [0.05, 0.1) is 0 Å². The number of carbonyl (C=O) groups excluding carboxylic acids is 1. The maximum Gasteiger partial charge on any atom is 0.134 e. The maximum atomic E-state index is 15.5. The standard InChI is InChI=1S/C69H57OP/c1-44-22-19-23-45(2)63(44)65(48-26-7-5-8-27-48)59-38-21-39-60(66(49-28-9-6-10-29-49)64-46(3)24-20-25-47(64)4)69(59)71-61(67-55-34-15-11-30-50(55)40-51-31-12-16-35-56(51)67)42-54(70)43-62(71)68-57-36-17-13-32-52(57)41-53-33-14-18-37-58(53)68/h5-41,61-62,65-66H,42-43H2,1-4H3. The molecule has 1 fully saturated rings. The minimum Gasteiger partial charge on any atom is -0.300 e. The van der Waals surface area contributed by atoms with Crippen LogP contribution >= 0.6 is 7.92 Å². The molecule has 12 rings (SSSR count). The van der Waals surface area contributed by atoms with E-state index in [2.05, 4.69) is 252 Å². The van der Waals surface area contributed by atoms with Crippen LogP contribution in [0.1, 0.15) is 103 Å². The summed E-state index contributed by atoms with van der Waals surface area (Å²) in [7, 11) is -1.29. The lowest BCUT2D eigenvalue weighted by Crippen LogP contribution is -2.30. The summed E-state index contributed by atoms with van der Waals surface area (Å²) >= 11 is 0. The first-order chi connectivity index (χ1) is 34.8. The Balaban J connectivity index is 1.30. The lowest BCUT2D eigenvalue weighted by atomic mass is 9.77. The highest BCUT2D eigenvalue weighted by Crippen LogP contribution is 2.70. The van der Waals surface area contributed by atoms with Crippen LogP contribution < -0.4 is 5.30 Å². The number of hydrogen-bond acceptors (Lipinski definition) is 1. The quantitative estimate of drug-likeness (QED) is 0.0801. The molecule has 1 saturated heterocycles. The Morgan fingerprint density at radius 2 is 0.676 bits per heavy atom. The molecule has 0 spiro atoms. The molecule has 2 heteroatoms. The first kappa shape index (κ1) is 44.7. The monoisotopic (exact) mass is 932 g/mol. The maximum absolute atomic E-state index is 15.5. The topological polar surface area (TPSA) is 17.1 Å². The lowest BCUT2D eigenvalue weighted by Gasteiger charge is -2.44. The molecule has 11 aromatic carbocycles. The number of rotatable bonds is 9. The third-order valence-electron chi connectivity index (χ3n) is 15.7. The Bertz CT molecular complexity index is 3420. The summed E-state index contributed by atoms with van der Waals surface area (Å²) in [4.78, 5) is 15.5. The molecule has 1 heterocycles. The summed E-state index contributed by atoms with van der Waals surface area (Å²) < 4.78 is 0. The van der Waals surface area contributed by atoms with Crippen molar-refractivity contribution in [1.82, 2.24) is 0 Å². The van der Waals surface area contributed by atoms with Crippen LogP contribution in [0.4, 0.5) is 0 Å². The van der Waals surface area contributed by atoms with Crippen LogP contribution in [0.2, 0.25) is 0 Å². The van der Waals surface area contributed by atoms with Crippen molar-refractivity contribution in [2.45, 2.75) is 63.7 Å². The molecule has 1 nitrogen and oxygen atoms in total. The van der Waals surface area contributed by atoms with E-state index in [-0.39, 0.29) is 23.2 Å². The molecule has 4 atom stereocenters. The minimum atomic E-state index is -1.29. The van der Waals surface area contributed by atoms with Crippen molar-refractivity contribution < 1.29 is 4.79 Å². The van der Waals surface area contributed by atoms with Gasteiger partial charge in [-0.25, -0.2) is 0 Å². The second-order valence-corrected chi connectivity index (χ2v) is 22.4. The van der Waals surface area contributed by atoms with Crippen LogP contribution in [0.25, 0.3) is 43.1 Å². The normalized spacial score (nSPS) is 17.0. The van der Waals surface area contributed by atoms with Gasteiger partial charge >= 0.3 is 0 Å². The van der Waals surface area contributed by atoms with Crippen molar-refractivity contribution in [3.63, 3.8) is 0 Å². The fourth-order valence-electron chi connectivity index (χ4n) is 12.7. The molecular formula is C69H57OP. The number of hydrogen-bond donors (Lipinski definition) is 0. The molecule has 0 radical (unpaired) electrons. The van der Waals surface area contributed by atoms with Crippen molar-refractivity contribution in [2.24, 2.45) is 0 Å². The average molecular weight is 933 g/mol. The van der Waals surface area contributed by atoms with Crippen LogP contribution in [0.5, 0.6) is 0 Å². The molecule has 1 aliphatic rings. The third kappa shape index (κ3) is 7.89. The molecule has 344 valence electrons. The summed E-state index contributed by atoms with van der Waals surface area (Å²) in [5, 5.41) is 11.2. The van der Waals surface area contributed by atoms with Crippen LogP contribution in [-0.2, 0) is 4.79 Å². The van der Waals surface area contributed by atoms with E-state index < -0.39 is 7.92 Å². The first-order valence-electron chi connectivity index (χ1n) is 25.3. The predicted molar refractivity (Wildman–Crippen MR) is 302 cm³/mol. The van der Waals surface area contributed by atoms with E-state index in [1.165, 1.54) is 115 Å². The molecule has 11 aromatic rings. The Morgan fingerprint density at radius 3 is 1.03 bits per heavy atom. The second-order valence-electron chi connectivity index (χ2n) is 19.9. The fraction of sp³-hybridized carbons (Fsp3) is 0.145. The van der Waals surface area contributed by atoms with Gasteiger partial charge in [0, 0.05) is 36.0 Å². The summed E-state index contributed by atoms with van der Waals surface area (Å²) in [6.45, 7) is 9.19. The molecular weight excluding hydrogens is 876 g/mol. The van der Waals surface area contributed by atoms with Gasteiger partial charge in [0.2, 0.25) is 0 Å². The van der Waals surface area contributed by atoms with Gasteiger partial charge in [-0.1, -0.05) is 220 Å². The van der Waals surface area contributed by atoms with E-state index in [0.717, 1.165) is 0 Å². The summed E-state index contributed by atoms with van der Waals surface area (Å²) in [5.74, 6) is 0.156. The van der Waals surface area contributed by atoms with Crippen LogP contribution in [0.3, 0.4) is 0 Å². The van der Waals surface area contributed by atoms with Crippen molar-refractivity contribution in [3.05, 3.63) is 291 Å². The molecule has 0 saturated carbocycles. The Kier molecular flexibility index (Phi) is 11.8. The Labute approximate surface area is 419 Å². The highest BCUT2D eigenvalue weighted by Gasteiger charge is 2.45. The van der Waals surface area contributed by atoms with E-state index in [1.807, 2.05) is 0 Å². The molecule has 0 N–H and O–H groups in total. The largest absolute Gasteiger partial charge is 0.300 e. The van der Waals surface area contributed by atoms with Gasteiger partial charge in [0.15, 0.2) is 0 Å². The number of aryl methyl sites for hydroxylation is 4. The van der Waals surface area contributed by atoms with E-state index >= 15 is 4.79 Å². The van der Waals surface area contributed by atoms with Gasteiger partial charge in [-0.2, -0.15) is 0 Å². The molecule has 0 aromatic heterocycles. The van der Waals surface area contributed by atoms with Crippen LogP contribution in [0, 0.1) is 27.7 Å². The fourth-order valence-corrected chi connectivity index (χ4v) is 16.7. The van der Waals surface area contributed by atoms with Gasteiger partial charge in [0.1, 0.15) is 5.78 Å². The summed E-state index contributed by atoms with van der Waals surface area (Å²) in [6.07, 6.45) is 0.935. The van der Waals surface area contributed by atoms with Crippen molar-refractivity contribution in [1.29, 1.82) is 0 Å². The van der Waals surface area contributed by atoms with Gasteiger partial charge < -0.3 is 0 Å². The SMILES string of the molecule is Cc1cccc(C)c1C(c1ccccc1)c1cccc(C(c2ccccc2)c2c(C)cccc2C)c1P1C(c2c3ccccc3cc3ccccc23)CC(=O)CC1c1c2ccccc2cc2ccccc12. The van der Waals surface area contributed by atoms with Gasteiger partial charge in [0.25, 0.3) is 0 Å².